The van der Waals surface area contributed by atoms with Gasteiger partial charge < -0.3 is 5.11 Å². The number of benzene rings is 1. The van der Waals surface area contributed by atoms with Gasteiger partial charge in [-0.1, -0.05) is 24.3 Å². The Labute approximate surface area is 129 Å². The molecule has 0 aliphatic carbocycles. The van der Waals surface area contributed by atoms with Crippen molar-refractivity contribution in [3.05, 3.63) is 48.3 Å². The molecule has 1 aliphatic heterocycles. The molecule has 1 saturated heterocycles. The van der Waals surface area contributed by atoms with E-state index in [1.54, 1.807) is 0 Å². The van der Waals surface area contributed by atoms with Gasteiger partial charge in [0.05, 0.1) is 23.3 Å². The SMILES string of the molecule is OC[C@@H]1CCCN1Cc1ccc2ccc3cccnc3c2n1. The fraction of sp³-hybridized carbons (Fsp3) is 0.333. The van der Waals surface area contributed by atoms with Crippen molar-refractivity contribution in [3.63, 3.8) is 0 Å². The van der Waals surface area contributed by atoms with E-state index in [1.807, 2.05) is 12.3 Å². The summed E-state index contributed by atoms with van der Waals surface area (Å²) in [4.78, 5) is 11.7. The zero-order valence-electron chi connectivity index (χ0n) is 12.4. The van der Waals surface area contributed by atoms with Crippen LogP contribution in [0.3, 0.4) is 0 Å². The number of aliphatic hydroxyl groups is 1. The fourth-order valence-electron chi connectivity index (χ4n) is 3.37. The molecule has 4 heteroatoms. The van der Waals surface area contributed by atoms with Crippen molar-refractivity contribution in [1.82, 2.24) is 14.9 Å². The number of nitrogens with zero attached hydrogens (tertiary/aromatic N) is 3. The zero-order valence-corrected chi connectivity index (χ0v) is 12.4. The predicted molar refractivity (Wildman–Crippen MR) is 87.6 cm³/mol. The van der Waals surface area contributed by atoms with Gasteiger partial charge in [-0.2, -0.15) is 0 Å². The molecule has 4 nitrogen and oxygen atoms in total. The summed E-state index contributed by atoms with van der Waals surface area (Å²) in [5, 5.41) is 11.7. The highest BCUT2D eigenvalue weighted by Gasteiger charge is 2.23. The van der Waals surface area contributed by atoms with Gasteiger partial charge in [-0.05, 0) is 31.5 Å². The van der Waals surface area contributed by atoms with E-state index in [2.05, 4.69) is 40.2 Å². The number of aromatic nitrogens is 2. The number of pyridine rings is 2. The molecular weight excluding hydrogens is 274 g/mol. The number of hydrogen-bond donors (Lipinski definition) is 1. The third kappa shape index (κ3) is 2.34. The molecule has 22 heavy (non-hydrogen) atoms. The van der Waals surface area contributed by atoms with Gasteiger partial charge in [-0.25, -0.2) is 4.98 Å². The highest BCUT2D eigenvalue weighted by molar-refractivity contribution is 6.02. The van der Waals surface area contributed by atoms with Crippen LogP contribution in [0.2, 0.25) is 0 Å². The fourth-order valence-corrected chi connectivity index (χ4v) is 3.37. The number of aliphatic hydroxyl groups excluding tert-OH is 1. The molecule has 0 bridgehead atoms. The monoisotopic (exact) mass is 293 g/mol. The molecule has 1 aromatic carbocycles. The van der Waals surface area contributed by atoms with Crippen molar-refractivity contribution >= 4 is 21.8 Å². The van der Waals surface area contributed by atoms with Crippen molar-refractivity contribution in [2.75, 3.05) is 13.2 Å². The van der Waals surface area contributed by atoms with Crippen LogP contribution in [0.4, 0.5) is 0 Å². The minimum absolute atomic E-state index is 0.234. The van der Waals surface area contributed by atoms with Gasteiger partial charge >= 0.3 is 0 Å². The zero-order chi connectivity index (χ0) is 14.9. The second-order valence-electron chi connectivity index (χ2n) is 5.96. The summed E-state index contributed by atoms with van der Waals surface area (Å²) in [6.45, 7) is 2.07. The first kappa shape index (κ1) is 13.6. The van der Waals surface area contributed by atoms with Gasteiger partial charge in [0.2, 0.25) is 0 Å². The van der Waals surface area contributed by atoms with Crippen LogP contribution in [0.1, 0.15) is 18.5 Å². The summed E-state index contributed by atoms with van der Waals surface area (Å²) in [7, 11) is 0. The van der Waals surface area contributed by atoms with Crippen LogP contribution < -0.4 is 0 Å². The maximum absolute atomic E-state index is 9.46. The van der Waals surface area contributed by atoms with Gasteiger partial charge in [-0.3, -0.25) is 9.88 Å². The van der Waals surface area contributed by atoms with Crippen molar-refractivity contribution in [1.29, 1.82) is 0 Å². The molecule has 3 aromatic rings. The van der Waals surface area contributed by atoms with Crippen LogP contribution in [-0.4, -0.2) is 39.2 Å². The van der Waals surface area contributed by atoms with E-state index in [9.17, 15) is 5.11 Å². The van der Waals surface area contributed by atoms with E-state index >= 15 is 0 Å². The first-order valence-corrected chi connectivity index (χ1v) is 7.83. The van der Waals surface area contributed by atoms with Crippen LogP contribution in [0.25, 0.3) is 21.8 Å². The molecule has 0 saturated carbocycles. The third-order valence-electron chi connectivity index (χ3n) is 4.56. The molecular formula is C18H19N3O. The number of likely N-dealkylation sites (tertiary alicyclic amines) is 1. The van der Waals surface area contributed by atoms with Crippen LogP contribution in [0.5, 0.6) is 0 Å². The van der Waals surface area contributed by atoms with Gasteiger partial charge in [-0.15, -0.1) is 0 Å². The van der Waals surface area contributed by atoms with E-state index in [-0.39, 0.29) is 12.6 Å². The number of rotatable bonds is 3. The molecule has 0 amide bonds. The van der Waals surface area contributed by atoms with Crippen molar-refractivity contribution in [2.24, 2.45) is 0 Å². The maximum atomic E-state index is 9.46. The quantitative estimate of drug-likeness (QED) is 0.754. The molecule has 3 heterocycles. The summed E-state index contributed by atoms with van der Waals surface area (Å²) in [5.74, 6) is 0. The van der Waals surface area contributed by atoms with Gasteiger partial charge in [0.25, 0.3) is 0 Å². The summed E-state index contributed by atoms with van der Waals surface area (Å²) in [6.07, 6.45) is 4.05. The Kier molecular flexibility index (Phi) is 3.48. The predicted octanol–water partition coefficient (Wildman–Crippen LogP) is 2.74. The van der Waals surface area contributed by atoms with E-state index < -0.39 is 0 Å². The van der Waals surface area contributed by atoms with Gasteiger partial charge in [0, 0.05) is 29.6 Å². The second-order valence-corrected chi connectivity index (χ2v) is 5.96. The Balaban J connectivity index is 1.74. The molecule has 4 rings (SSSR count). The molecule has 1 atom stereocenters. The smallest absolute Gasteiger partial charge is 0.0968 e. The lowest BCUT2D eigenvalue weighted by molar-refractivity contribution is 0.152. The summed E-state index contributed by atoms with van der Waals surface area (Å²) < 4.78 is 0. The number of fused-ring (bicyclic) bond motifs is 3. The van der Waals surface area contributed by atoms with E-state index in [4.69, 9.17) is 4.98 Å². The van der Waals surface area contributed by atoms with Crippen molar-refractivity contribution in [3.8, 4) is 0 Å². The Morgan fingerprint density at radius 1 is 1.09 bits per heavy atom. The highest BCUT2D eigenvalue weighted by Crippen LogP contribution is 2.24. The first-order valence-electron chi connectivity index (χ1n) is 7.83. The molecule has 0 unspecified atom stereocenters. The summed E-state index contributed by atoms with van der Waals surface area (Å²) in [6, 6.07) is 12.7. The molecule has 1 fully saturated rings. The topological polar surface area (TPSA) is 49.2 Å². The minimum Gasteiger partial charge on any atom is -0.395 e. The Hall–Kier alpha value is -2.04. The molecule has 1 N–H and O–H groups in total. The third-order valence-corrected chi connectivity index (χ3v) is 4.56. The Bertz CT molecular complexity index is 818. The van der Waals surface area contributed by atoms with Crippen LogP contribution in [0.15, 0.2) is 42.6 Å². The summed E-state index contributed by atoms with van der Waals surface area (Å²) in [5.41, 5.74) is 2.98. The Morgan fingerprint density at radius 2 is 1.91 bits per heavy atom. The number of hydrogen-bond acceptors (Lipinski definition) is 4. The standard InChI is InChI=1S/C18H19N3O/c22-12-16-4-2-10-21(16)11-15-8-7-14-6-5-13-3-1-9-19-17(13)18(14)20-15/h1,3,5-9,16,22H,2,4,10-12H2/t16-/m0/s1. The van der Waals surface area contributed by atoms with E-state index in [0.717, 1.165) is 53.4 Å². The second kappa shape index (κ2) is 5.63. The average molecular weight is 293 g/mol. The average Bonchev–Trinajstić information content (AvgIpc) is 3.02. The van der Waals surface area contributed by atoms with Crippen LogP contribution >= 0.6 is 0 Å². The van der Waals surface area contributed by atoms with Crippen molar-refractivity contribution < 1.29 is 5.11 Å². The van der Waals surface area contributed by atoms with Gasteiger partial charge in [0.15, 0.2) is 0 Å². The van der Waals surface area contributed by atoms with E-state index in [0.29, 0.717) is 0 Å². The van der Waals surface area contributed by atoms with Crippen LogP contribution in [-0.2, 0) is 6.54 Å². The maximum Gasteiger partial charge on any atom is 0.0968 e. The molecule has 112 valence electrons. The lowest BCUT2D eigenvalue weighted by Gasteiger charge is -2.22. The van der Waals surface area contributed by atoms with Gasteiger partial charge in [0.1, 0.15) is 0 Å². The molecule has 2 aromatic heterocycles. The van der Waals surface area contributed by atoms with E-state index in [1.165, 1.54) is 0 Å². The van der Waals surface area contributed by atoms with Crippen LogP contribution in [0, 0.1) is 0 Å². The molecule has 1 aliphatic rings. The lowest BCUT2D eigenvalue weighted by atomic mass is 10.1. The summed E-state index contributed by atoms with van der Waals surface area (Å²) >= 11 is 0. The largest absolute Gasteiger partial charge is 0.395 e. The Morgan fingerprint density at radius 3 is 2.77 bits per heavy atom. The van der Waals surface area contributed by atoms with Crippen molar-refractivity contribution in [2.45, 2.75) is 25.4 Å². The highest BCUT2D eigenvalue weighted by atomic mass is 16.3. The first-order chi connectivity index (χ1) is 10.8. The normalized spacial score (nSPS) is 19.2. The molecule has 0 spiro atoms. The molecule has 0 radical (unpaired) electrons. The lowest BCUT2D eigenvalue weighted by Crippen LogP contribution is -2.31. The minimum atomic E-state index is 0.234.